The fourth-order valence-electron chi connectivity index (χ4n) is 5.22. The first-order chi connectivity index (χ1) is 21.7. The molecule has 10 heteroatoms. The fourth-order valence-corrected chi connectivity index (χ4v) is 5.22. The zero-order valence-corrected chi connectivity index (χ0v) is 25.9. The smallest absolute Gasteiger partial charge is 0.408 e. The predicted molar refractivity (Wildman–Crippen MR) is 166 cm³/mol. The molecule has 6 atom stereocenters. The molecule has 2 amide bonds. The first-order valence-electron chi connectivity index (χ1n) is 15.2. The van der Waals surface area contributed by atoms with E-state index >= 15 is 0 Å². The van der Waals surface area contributed by atoms with Crippen LogP contribution in [-0.2, 0) is 53.0 Å². The van der Waals surface area contributed by atoms with E-state index in [-0.39, 0.29) is 19.8 Å². The van der Waals surface area contributed by atoms with Gasteiger partial charge in [0, 0.05) is 0 Å². The highest BCUT2D eigenvalue weighted by Gasteiger charge is 2.51. The van der Waals surface area contributed by atoms with Crippen molar-refractivity contribution >= 4 is 12.0 Å². The van der Waals surface area contributed by atoms with Crippen molar-refractivity contribution in [2.75, 3.05) is 13.2 Å². The van der Waals surface area contributed by atoms with Crippen LogP contribution < -0.4 is 10.6 Å². The summed E-state index contributed by atoms with van der Waals surface area (Å²) in [5, 5.41) is 5.63. The Morgan fingerprint density at radius 2 is 1.36 bits per heavy atom. The van der Waals surface area contributed by atoms with Crippen molar-refractivity contribution in [3.8, 4) is 0 Å². The Balaban J connectivity index is 1.38. The van der Waals surface area contributed by atoms with E-state index in [4.69, 9.17) is 28.4 Å². The topological polar surface area (TPSA) is 114 Å². The molecule has 0 saturated carbocycles. The summed E-state index contributed by atoms with van der Waals surface area (Å²) in [6.07, 6.45) is -3.51. The van der Waals surface area contributed by atoms with Gasteiger partial charge in [0.15, 0.2) is 6.29 Å². The van der Waals surface area contributed by atoms with Crippen LogP contribution in [0.2, 0.25) is 0 Å². The molecule has 3 aromatic rings. The van der Waals surface area contributed by atoms with Crippen molar-refractivity contribution in [3.05, 3.63) is 108 Å². The number of benzene rings is 3. The van der Waals surface area contributed by atoms with E-state index in [0.717, 1.165) is 16.7 Å². The zero-order valence-electron chi connectivity index (χ0n) is 25.9. The molecule has 0 radical (unpaired) electrons. The van der Waals surface area contributed by atoms with Gasteiger partial charge in [0.2, 0.25) is 5.91 Å². The summed E-state index contributed by atoms with van der Waals surface area (Å²) >= 11 is 0. The van der Waals surface area contributed by atoms with Gasteiger partial charge in [0.05, 0.1) is 33.0 Å². The van der Waals surface area contributed by atoms with Crippen LogP contribution in [0.4, 0.5) is 4.79 Å². The van der Waals surface area contributed by atoms with Crippen molar-refractivity contribution in [1.29, 1.82) is 0 Å². The summed E-state index contributed by atoms with van der Waals surface area (Å²) in [6.45, 7) is 6.28. The number of nitrogens with one attached hydrogen (secondary N) is 2. The molecule has 3 aromatic carbocycles. The minimum atomic E-state index is -1.000. The van der Waals surface area contributed by atoms with Gasteiger partial charge >= 0.3 is 6.09 Å². The Hall–Kier alpha value is -3.80. The highest BCUT2D eigenvalue weighted by molar-refractivity contribution is 5.86. The van der Waals surface area contributed by atoms with E-state index in [1.165, 1.54) is 0 Å². The van der Waals surface area contributed by atoms with Crippen LogP contribution in [0.25, 0.3) is 0 Å². The van der Waals surface area contributed by atoms with E-state index in [1.807, 2.05) is 91.0 Å². The molecule has 2 saturated heterocycles. The molecule has 2 heterocycles. The lowest BCUT2D eigenvalue weighted by Crippen LogP contribution is -2.65. The van der Waals surface area contributed by atoms with Crippen LogP contribution in [0.5, 0.6) is 0 Å². The number of carbonyl (C=O) groups is 2. The number of ether oxygens (including phenoxy) is 6. The average molecular weight is 619 g/mol. The summed E-state index contributed by atoms with van der Waals surface area (Å²) in [6, 6.07) is 27.7. The molecule has 10 nitrogen and oxygen atoms in total. The Morgan fingerprint density at radius 3 is 1.91 bits per heavy atom. The number of rotatable bonds is 11. The highest BCUT2D eigenvalue weighted by atomic mass is 16.7. The zero-order chi connectivity index (χ0) is 31.6. The number of hydrogen-bond donors (Lipinski definition) is 2. The molecule has 5 rings (SSSR count). The van der Waals surface area contributed by atoms with Gasteiger partial charge in [-0.05, 0) is 37.5 Å². The van der Waals surface area contributed by atoms with Crippen LogP contribution in [0.15, 0.2) is 91.0 Å². The predicted octanol–water partition coefficient (Wildman–Crippen LogP) is 4.51. The molecule has 0 aromatic heterocycles. The van der Waals surface area contributed by atoms with E-state index in [2.05, 4.69) is 10.6 Å². The third-order valence-corrected chi connectivity index (χ3v) is 7.35. The molecule has 0 spiro atoms. The summed E-state index contributed by atoms with van der Waals surface area (Å²) in [4.78, 5) is 26.0. The lowest BCUT2D eigenvalue weighted by molar-refractivity contribution is -0.287. The molecule has 2 aliphatic heterocycles. The van der Waals surface area contributed by atoms with Crippen molar-refractivity contribution in [2.45, 2.75) is 82.9 Å². The van der Waals surface area contributed by atoms with Crippen LogP contribution >= 0.6 is 0 Å². The molecule has 0 unspecified atom stereocenters. The highest BCUT2D eigenvalue weighted by Crippen LogP contribution is 2.30. The van der Waals surface area contributed by atoms with Crippen LogP contribution in [0.1, 0.15) is 37.5 Å². The molecule has 2 aliphatic rings. The Kier molecular flexibility index (Phi) is 11.2. The molecule has 2 N–H and O–H groups in total. The summed E-state index contributed by atoms with van der Waals surface area (Å²) in [5.74, 6) is -0.439. The van der Waals surface area contributed by atoms with E-state index in [1.54, 1.807) is 20.8 Å². The van der Waals surface area contributed by atoms with Gasteiger partial charge in [-0.2, -0.15) is 0 Å². The van der Waals surface area contributed by atoms with Crippen LogP contribution in [0.3, 0.4) is 0 Å². The van der Waals surface area contributed by atoms with Crippen LogP contribution in [-0.4, -0.2) is 67.5 Å². The largest absolute Gasteiger partial charge is 0.444 e. The maximum Gasteiger partial charge on any atom is 0.408 e. The van der Waals surface area contributed by atoms with Gasteiger partial charge in [0.25, 0.3) is 0 Å². The molecule has 2 fully saturated rings. The third kappa shape index (κ3) is 9.59. The average Bonchev–Trinajstić information content (AvgIpc) is 3.17. The van der Waals surface area contributed by atoms with E-state index in [9.17, 15) is 9.59 Å². The molecule has 0 bridgehead atoms. The Bertz CT molecular complexity index is 1350. The second-order valence-electron chi connectivity index (χ2n) is 12.1. The lowest BCUT2D eigenvalue weighted by atomic mass is 9.96. The third-order valence-electron chi connectivity index (χ3n) is 7.35. The first kappa shape index (κ1) is 32.6. The van der Waals surface area contributed by atoms with Gasteiger partial charge < -0.3 is 39.1 Å². The van der Waals surface area contributed by atoms with E-state index in [0.29, 0.717) is 13.2 Å². The summed E-state index contributed by atoms with van der Waals surface area (Å²) in [5.41, 5.74) is 2.24. The Morgan fingerprint density at radius 1 is 0.822 bits per heavy atom. The quantitative estimate of drug-likeness (QED) is 0.323. The molecule has 240 valence electrons. The van der Waals surface area contributed by atoms with Crippen molar-refractivity contribution in [1.82, 2.24) is 10.6 Å². The standard InChI is InChI=1S/C35H42N2O8/c1-35(2,3)45-34(39)36-27-22-43-33-29(37-32(27)38)31(42-21-26-17-11-6-12-18-26)30(41-20-25-15-9-5-10-16-25)28(44-33)23-40-19-24-13-7-4-8-14-24/h4-18,27-31,33H,19-23H2,1-3H3,(H,36,39)(H,37,38)/t27-,28+,29+,30-,31+,33-/m0/s1. The maximum absolute atomic E-state index is 13.4. The molecule has 45 heavy (non-hydrogen) atoms. The number of hydrogen-bond acceptors (Lipinski definition) is 8. The number of carbonyl (C=O) groups excluding carboxylic acids is 2. The summed E-state index contributed by atoms with van der Waals surface area (Å²) < 4.78 is 37.2. The van der Waals surface area contributed by atoms with E-state index < -0.39 is 54.3 Å². The van der Waals surface area contributed by atoms with Gasteiger partial charge in [0.1, 0.15) is 36.0 Å². The molecule has 0 aliphatic carbocycles. The minimum absolute atomic E-state index is 0.120. The monoisotopic (exact) mass is 618 g/mol. The molecular weight excluding hydrogens is 576 g/mol. The van der Waals surface area contributed by atoms with Gasteiger partial charge in [-0.15, -0.1) is 0 Å². The first-order valence-corrected chi connectivity index (χ1v) is 15.2. The molecular formula is C35H42N2O8. The van der Waals surface area contributed by atoms with Gasteiger partial charge in [-0.1, -0.05) is 91.0 Å². The second-order valence-corrected chi connectivity index (χ2v) is 12.1. The van der Waals surface area contributed by atoms with Crippen LogP contribution in [0, 0.1) is 0 Å². The number of amides is 2. The van der Waals surface area contributed by atoms with Crippen molar-refractivity contribution < 1.29 is 38.0 Å². The van der Waals surface area contributed by atoms with Crippen molar-refractivity contribution in [2.24, 2.45) is 0 Å². The number of fused-ring (bicyclic) bond motifs is 1. The SMILES string of the molecule is CC(C)(C)OC(=O)N[C@H]1CO[C@H]2O[C@H](COCc3ccccc3)[C@H](OCc3ccccc3)[C@H](OCc3ccccc3)[C@H]2NC1=O. The fraction of sp³-hybridized carbons (Fsp3) is 0.429. The van der Waals surface area contributed by atoms with Gasteiger partial charge in [-0.3, -0.25) is 4.79 Å². The Labute approximate surface area is 264 Å². The minimum Gasteiger partial charge on any atom is -0.444 e. The maximum atomic E-state index is 13.4. The lowest BCUT2D eigenvalue weighted by Gasteiger charge is -2.45. The van der Waals surface area contributed by atoms with Crippen molar-refractivity contribution in [3.63, 3.8) is 0 Å². The summed E-state index contributed by atoms with van der Waals surface area (Å²) in [7, 11) is 0. The second kappa shape index (κ2) is 15.5. The van der Waals surface area contributed by atoms with Gasteiger partial charge in [-0.25, -0.2) is 4.79 Å². The number of alkyl carbamates (subject to hydrolysis) is 1. The normalized spacial score (nSPS) is 25.0.